The van der Waals surface area contributed by atoms with Crippen LogP contribution in [0.4, 0.5) is 0 Å². The first-order valence-corrected chi connectivity index (χ1v) is 6.90. The molecule has 0 aliphatic rings. The van der Waals surface area contributed by atoms with Gasteiger partial charge in [-0.15, -0.1) is 0 Å². The van der Waals surface area contributed by atoms with Crippen molar-refractivity contribution in [3.8, 4) is 9.52 Å². The van der Waals surface area contributed by atoms with E-state index in [-0.39, 0.29) is 0 Å². The fraction of sp³-hybridized carbons (Fsp3) is 0.333. The van der Waals surface area contributed by atoms with Crippen molar-refractivity contribution in [1.82, 2.24) is 5.32 Å². The maximum atomic E-state index is 3.14. The van der Waals surface area contributed by atoms with Crippen LogP contribution in [0.15, 0.2) is 12.1 Å². The molecule has 0 aromatic heterocycles. The predicted octanol–water partition coefficient (Wildman–Crippen LogP) is 1.79. The van der Waals surface area contributed by atoms with Crippen molar-refractivity contribution >= 4 is 25.8 Å². The van der Waals surface area contributed by atoms with Gasteiger partial charge in [0.25, 0.3) is 0 Å². The van der Waals surface area contributed by atoms with Crippen LogP contribution in [0.25, 0.3) is 0 Å². The van der Waals surface area contributed by atoms with Crippen molar-refractivity contribution in [2.24, 2.45) is 0 Å². The van der Waals surface area contributed by atoms with Crippen molar-refractivity contribution < 1.29 is 0 Å². The van der Waals surface area contributed by atoms with Gasteiger partial charge in [-0.3, -0.25) is 0 Å². The van der Waals surface area contributed by atoms with E-state index in [2.05, 4.69) is 47.7 Å². The summed E-state index contributed by atoms with van der Waals surface area (Å²) in [6.45, 7) is 7.34. The Morgan fingerprint density at radius 2 is 1.86 bits per heavy atom. The van der Waals surface area contributed by atoms with E-state index in [1.807, 2.05) is 0 Å². The van der Waals surface area contributed by atoms with Crippen molar-refractivity contribution in [3.63, 3.8) is 0 Å². The van der Waals surface area contributed by atoms with Gasteiger partial charge < -0.3 is 0 Å². The summed E-state index contributed by atoms with van der Waals surface area (Å²) < 4.78 is 3.00. The van der Waals surface area contributed by atoms with Crippen molar-refractivity contribution in [1.29, 1.82) is 0 Å². The summed E-state index contributed by atoms with van der Waals surface area (Å²) in [5.41, 5.74) is 5.47. The zero-order valence-corrected chi connectivity index (χ0v) is 13.4. The van der Waals surface area contributed by atoms with Gasteiger partial charge in [0.1, 0.15) is 0 Å². The summed E-state index contributed by atoms with van der Waals surface area (Å²) in [4.78, 5) is 0. The molecule has 0 radical (unpaired) electrons. The molecule has 0 saturated heterocycles. The van der Waals surface area contributed by atoms with Crippen LogP contribution in [0, 0.1) is 30.3 Å². The van der Waals surface area contributed by atoms with Gasteiger partial charge in [-0.25, -0.2) is 0 Å². The third-order valence-electron chi connectivity index (χ3n) is 2.53. The molecule has 2 heteroatoms. The summed E-state index contributed by atoms with van der Waals surface area (Å²) in [5.74, 6) is 0. The molecule has 0 aliphatic carbocycles. The number of hydrogen-bond donors (Lipinski definition) is 1. The summed E-state index contributed by atoms with van der Waals surface area (Å²) in [6, 6.07) is 7.30. The van der Waals surface area contributed by atoms with Crippen LogP contribution in [0.1, 0.15) is 22.3 Å². The van der Waals surface area contributed by atoms with E-state index < -0.39 is 0 Å². The molecule has 1 aromatic carbocycles. The first-order valence-electron chi connectivity index (χ1n) is 4.66. The van der Waals surface area contributed by atoms with Crippen LogP contribution in [0.5, 0.6) is 0 Å². The van der Waals surface area contributed by atoms with Gasteiger partial charge >= 0.3 is 102 Å². The molecule has 0 heterocycles. The fourth-order valence-corrected chi connectivity index (χ4v) is 1.86. The van der Waals surface area contributed by atoms with Crippen LogP contribution < -0.4 is 5.32 Å². The molecule has 14 heavy (non-hydrogen) atoms. The Morgan fingerprint density at radius 3 is 2.50 bits per heavy atom. The van der Waals surface area contributed by atoms with Gasteiger partial charge in [0.2, 0.25) is 0 Å². The molecule has 1 rings (SSSR count). The number of aryl methyl sites for hydroxylation is 2. The second kappa shape index (κ2) is 5.40. The molecule has 0 amide bonds. The Kier molecular flexibility index (Phi) is 4.46. The Labute approximate surface area is 102 Å². The van der Waals surface area contributed by atoms with Crippen LogP contribution in [0.2, 0.25) is 0 Å². The molecule has 70 valence electrons. The van der Waals surface area contributed by atoms with Crippen molar-refractivity contribution in [3.05, 3.63) is 34.4 Å². The van der Waals surface area contributed by atoms with E-state index in [1.54, 1.807) is 0 Å². The van der Waals surface area contributed by atoms with Gasteiger partial charge in [-0.05, 0) is 0 Å². The molecule has 0 fully saturated rings. The monoisotopic (exact) mass is 377 g/mol. The molecule has 0 spiro atoms. The number of hydrogen-bond acceptors (Lipinski definition) is 1. The van der Waals surface area contributed by atoms with Gasteiger partial charge in [0, 0.05) is 0 Å². The van der Waals surface area contributed by atoms with E-state index in [1.165, 1.54) is 22.3 Å². The molecule has 1 N–H and O–H groups in total. The number of benzene rings is 1. The average molecular weight is 377 g/mol. The standard InChI is InChI=1S/C12H14N.Tl/c1-5-13-8-12-10(3)7-6-9(2)11(12)4;/h6-7,13H,8H2,2-4H3;. The van der Waals surface area contributed by atoms with Crippen LogP contribution in [0.3, 0.4) is 0 Å². The molecule has 1 aromatic rings. The summed E-state index contributed by atoms with van der Waals surface area (Å²) in [5, 5.41) is 3.14. The second-order valence-corrected chi connectivity index (χ2v) is 4.55. The Bertz CT molecular complexity index is 385. The quantitative estimate of drug-likeness (QED) is 0.471. The van der Waals surface area contributed by atoms with Crippen LogP contribution in [-0.2, 0) is 6.54 Å². The fourth-order valence-electron chi connectivity index (χ4n) is 1.46. The maximum absolute atomic E-state index is 3.14. The van der Waals surface area contributed by atoms with Crippen molar-refractivity contribution in [2.75, 3.05) is 0 Å². The predicted molar refractivity (Wildman–Crippen MR) is 61.0 cm³/mol. The minimum atomic E-state index is 0.757. The minimum absolute atomic E-state index is 0.757. The van der Waals surface area contributed by atoms with Gasteiger partial charge in [0.05, 0.1) is 0 Å². The van der Waals surface area contributed by atoms with Gasteiger partial charge in [-0.2, -0.15) is 0 Å². The van der Waals surface area contributed by atoms with E-state index in [9.17, 15) is 0 Å². The Balaban J connectivity index is 2.92. The second-order valence-electron chi connectivity index (χ2n) is 3.43. The van der Waals surface area contributed by atoms with E-state index in [4.69, 9.17) is 0 Å². The topological polar surface area (TPSA) is 12.0 Å². The normalized spacial score (nSPS) is 9.00. The van der Waals surface area contributed by atoms with Gasteiger partial charge in [-0.1, -0.05) is 0 Å². The van der Waals surface area contributed by atoms with Crippen LogP contribution in [-0.4, -0.2) is 25.8 Å². The average Bonchev–Trinajstić information content (AvgIpc) is 2.18. The number of nitrogens with one attached hydrogen (secondary N) is 1. The molecule has 1 nitrogen and oxygen atoms in total. The molecular formula is C12H14NTl. The zero-order valence-electron chi connectivity index (χ0n) is 8.94. The Hall–Kier alpha value is -0.498. The molecule has 0 bridgehead atoms. The van der Waals surface area contributed by atoms with Crippen LogP contribution >= 0.6 is 0 Å². The SMILES string of the molecule is Cc1ccc(C)c(CNC#[C][Tl])c1C. The first kappa shape index (κ1) is 11.6. The summed E-state index contributed by atoms with van der Waals surface area (Å²) in [6.07, 6.45) is 0. The molecule has 0 aliphatic heterocycles. The Morgan fingerprint density at radius 1 is 1.21 bits per heavy atom. The molecule has 0 unspecified atom stereocenters. The third-order valence-corrected chi connectivity index (χ3v) is 3.09. The van der Waals surface area contributed by atoms with Crippen molar-refractivity contribution in [2.45, 2.75) is 27.3 Å². The van der Waals surface area contributed by atoms with Gasteiger partial charge in [0.15, 0.2) is 0 Å². The third kappa shape index (κ3) is 2.74. The van der Waals surface area contributed by atoms with E-state index in [0.29, 0.717) is 0 Å². The van der Waals surface area contributed by atoms with E-state index >= 15 is 0 Å². The van der Waals surface area contributed by atoms with E-state index in [0.717, 1.165) is 32.3 Å². The summed E-state index contributed by atoms with van der Waals surface area (Å²) >= 11 is 0.757. The molecular weight excluding hydrogens is 363 g/mol. The molecule has 0 saturated carbocycles. The zero-order chi connectivity index (χ0) is 10.6. The number of rotatable bonds is 2. The first-order chi connectivity index (χ1) is 6.66. The molecule has 0 atom stereocenters. The summed E-state index contributed by atoms with van der Waals surface area (Å²) in [7, 11) is 0.